The maximum absolute atomic E-state index is 11.8. The van der Waals surface area contributed by atoms with Crippen LogP contribution in [0.25, 0.3) is 0 Å². The minimum atomic E-state index is 0.0647. The van der Waals surface area contributed by atoms with E-state index in [0.29, 0.717) is 5.78 Å². The van der Waals surface area contributed by atoms with E-state index < -0.39 is 0 Å². The molecule has 0 heterocycles. The molecule has 0 radical (unpaired) electrons. The van der Waals surface area contributed by atoms with Gasteiger partial charge in [0.2, 0.25) is 0 Å². The van der Waals surface area contributed by atoms with Gasteiger partial charge < -0.3 is 4.74 Å². The van der Waals surface area contributed by atoms with E-state index in [1.165, 1.54) is 0 Å². The number of hydrogen-bond donors (Lipinski definition) is 0. The molecule has 0 amide bonds. The van der Waals surface area contributed by atoms with Gasteiger partial charge in [0, 0.05) is 17.9 Å². The Kier molecular flexibility index (Phi) is 3.05. The SMILES string of the molecule is COc1ccccc1[C@@H]1CCCCC1=O. The van der Waals surface area contributed by atoms with Crippen LogP contribution in [0.4, 0.5) is 0 Å². The number of ketones is 1. The number of hydrogen-bond acceptors (Lipinski definition) is 2. The van der Waals surface area contributed by atoms with Crippen LogP contribution in [-0.2, 0) is 4.79 Å². The Morgan fingerprint density at radius 2 is 2.07 bits per heavy atom. The molecule has 1 atom stereocenters. The molecule has 0 aromatic heterocycles. The Labute approximate surface area is 90.3 Å². The van der Waals surface area contributed by atoms with Gasteiger partial charge in [-0.15, -0.1) is 0 Å². The van der Waals surface area contributed by atoms with Crippen molar-refractivity contribution in [1.29, 1.82) is 0 Å². The van der Waals surface area contributed by atoms with E-state index in [1.54, 1.807) is 7.11 Å². The van der Waals surface area contributed by atoms with Crippen molar-refractivity contribution in [2.24, 2.45) is 0 Å². The first kappa shape index (κ1) is 10.2. The molecule has 2 heteroatoms. The zero-order valence-corrected chi connectivity index (χ0v) is 9.03. The Morgan fingerprint density at radius 3 is 2.80 bits per heavy atom. The summed E-state index contributed by atoms with van der Waals surface area (Å²) in [7, 11) is 1.66. The largest absolute Gasteiger partial charge is 0.496 e. The van der Waals surface area contributed by atoms with Crippen molar-refractivity contribution in [3.8, 4) is 5.75 Å². The molecular weight excluding hydrogens is 188 g/mol. The van der Waals surface area contributed by atoms with E-state index in [-0.39, 0.29) is 5.92 Å². The molecule has 2 nitrogen and oxygen atoms in total. The van der Waals surface area contributed by atoms with Crippen LogP contribution in [0.15, 0.2) is 24.3 Å². The summed E-state index contributed by atoms with van der Waals surface area (Å²) in [5, 5.41) is 0. The molecule has 0 N–H and O–H groups in total. The average molecular weight is 204 g/mol. The van der Waals surface area contributed by atoms with E-state index >= 15 is 0 Å². The minimum absolute atomic E-state index is 0.0647. The number of Topliss-reactive ketones (excluding diaryl/α,β-unsaturated/α-hetero) is 1. The van der Waals surface area contributed by atoms with Crippen LogP contribution in [0.2, 0.25) is 0 Å². The highest BCUT2D eigenvalue weighted by molar-refractivity contribution is 5.87. The molecular formula is C13H16O2. The first-order chi connectivity index (χ1) is 7.33. The summed E-state index contributed by atoms with van der Waals surface area (Å²) in [4.78, 5) is 11.8. The van der Waals surface area contributed by atoms with Crippen molar-refractivity contribution in [1.82, 2.24) is 0 Å². The van der Waals surface area contributed by atoms with E-state index in [0.717, 1.165) is 37.0 Å². The fourth-order valence-electron chi connectivity index (χ4n) is 2.27. The summed E-state index contributed by atoms with van der Waals surface area (Å²) in [6.45, 7) is 0. The maximum Gasteiger partial charge on any atom is 0.140 e. The predicted octanol–water partition coefficient (Wildman–Crippen LogP) is 2.92. The zero-order chi connectivity index (χ0) is 10.7. The first-order valence-electron chi connectivity index (χ1n) is 5.48. The van der Waals surface area contributed by atoms with Gasteiger partial charge in [0.15, 0.2) is 0 Å². The zero-order valence-electron chi connectivity index (χ0n) is 9.03. The Morgan fingerprint density at radius 1 is 1.27 bits per heavy atom. The van der Waals surface area contributed by atoms with E-state index in [1.807, 2.05) is 24.3 Å². The van der Waals surface area contributed by atoms with Gasteiger partial charge in [0.25, 0.3) is 0 Å². The van der Waals surface area contributed by atoms with Crippen molar-refractivity contribution in [2.45, 2.75) is 31.6 Å². The molecule has 0 unspecified atom stereocenters. The van der Waals surface area contributed by atoms with Gasteiger partial charge >= 0.3 is 0 Å². The quantitative estimate of drug-likeness (QED) is 0.740. The van der Waals surface area contributed by atoms with Gasteiger partial charge in [-0.25, -0.2) is 0 Å². The smallest absolute Gasteiger partial charge is 0.140 e. The lowest BCUT2D eigenvalue weighted by Crippen LogP contribution is -2.17. The van der Waals surface area contributed by atoms with Crippen molar-refractivity contribution in [2.75, 3.05) is 7.11 Å². The maximum atomic E-state index is 11.8. The van der Waals surface area contributed by atoms with Crippen LogP contribution in [0, 0.1) is 0 Å². The fourth-order valence-corrected chi connectivity index (χ4v) is 2.27. The number of carbonyl (C=O) groups excluding carboxylic acids is 1. The van der Waals surface area contributed by atoms with Gasteiger partial charge in [0.1, 0.15) is 11.5 Å². The molecule has 1 aliphatic rings. The monoisotopic (exact) mass is 204 g/mol. The summed E-state index contributed by atoms with van der Waals surface area (Å²) < 4.78 is 5.29. The van der Waals surface area contributed by atoms with Gasteiger partial charge in [0.05, 0.1) is 7.11 Å². The summed E-state index contributed by atoms with van der Waals surface area (Å²) in [6, 6.07) is 7.85. The third-order valence-corrected chi connectivity index (χ3v) is 3.07. The van der Waals surface area contributed by atoms with E-state index in [2.05, 4.69) is 0 Å². The second kappa shape index (κ2) is 4.47. The summed E-state index contributed by atoms with van der Waals surface area (Å²) in [5.74, 6) is 1.28. The molecule has 0 aliphatic heterocycles. The van der Waals surface area contributed by atoms with Gasteiger partial charge in [-0.2, -0.15) is 0 Å². The van der Waals surface area contributed by atoms with Crippen LogP contribution in [0.5, 0.6) is 5.75 Å². The highest BCUT2D eigenvalue weighted by Gasteiger charge is 2.25. The number of para-hydroxylation sites is 1. The number of carbonyl (C=O) groups is 1. The molecule has 0 saturated heterocycles. The second-order valence-electron chi connectivity index (χ2n) is 4.01. The lowest BCUT2D eigenvalue weighted by atomic mass is 9.82. The van der Waals surface area contributed by atoms with Gasteiger partial charge in [-0.1, -0.05) is 24.6 Å². The van der Waals surface area contributed by atoms with Crippen molar-refractivity contribution in [3.05, 3.63) is 29.8 Å². The molecule has 0 spiro atoms. The highest BCUT2D eigenvalue weighted by atomic mass is 16.5. The molecule has 1 aliphatic carbocycles. The lowest BCUT2D eigenvalue weighted by molar-refractivity contribution is -0.121. The van der Waals surface area contributed by atoms with Crippen LogP contribution >= 0.6 is 0 Å². The molecule has 80 valence electrons. The summed E-state index contributed by atoms with van der Waals surface area (Å²) in [6.07, 6.45) is 3.89. The third kappa shape index (κ3) is 2.04. The highest BCUT2D eigenvalue weighted by Crippen LogP contribution is 2.34. The van der Waals surface area contributed by atoms with Gasteiger partial charge in [-0.3, -0.25) is 4.79 Å². The van der Waals surface area contributed by atoms with Crippen LogP contribution in [0.3, 0.4) is 0 Å². The van der Waals surface area contributed by atoms with Crippen LogP contribution < -0.4 is 4.74 Å². The number of rotatable bonds is 2. The third-order valence-electron chi connectivity index (χ3n) is 3.07. The molecule has 0 bridgehead atoms. The predicted molar refractivity (Wildman–Crippen MR) is 59.2 cm³/mol. The van der Waals surface area contributed by atoms with E-state index in [9.17, 15) is 4.79 Å². The Hall–Kier alpha value is -1.31. The number of ether oxygens (including phenoxy) is 1. The van der Waals surface area contributed by atoms with Crippen molar-refractivity contribution >= 4 is 5.78 Å². The Balaban J connectivity index is 2.30. The Bertz CT molecular complexity index is 357. The molecule has 1 saturated carbocycles. The van der Waals surface area contributed by atoms with Crippen molar-refractivity contribution in [3.63, 3.8) is 0 Å². The average Bonchev–Trinajstić information content (AvgIpc) is 2.30. The summed E-state index contributed by atoms with van der Waals surface area (Å²) >= 11 is 0. The number of methoxy groups -OCH3 is 1. The second-order valence-corrected chi connectivity index (χ2v) is 4.01. The fraction of sp³-hybridized carbons (Fsp3) is 0.462. The van der Waals surface area contributed by atoms with Crippen molar-refractivity contribution < 1.29 is 9.53 Å². The molecule has 1 aromatic carbocycles. The van der Waals surface area contributed by atoms with E-state index in [4.69, 9.17) is 4.74 Å². The minimum Gasteiger partial charge on any atom is -0.496 e. The van der Waals surface area contributed by atoms with Crippen LogP contribution in [-0.4, -0.2) is 12.9 Å². The molecule has 1 fully saturated rings. The molecule has 15 heavy (non-hydrogen) atoms. The number of benzene rings is 1. The van der Waals surface area contributed by atoms with Gasteiger partial charge in [-0.05, 0) is 18.9 Å². The summed E-state index contributed by atoms with van der Waals surface area (Å²) in [5.41, 5.74) is 1.06. The lowest BCUT2D eigenvalue weighted by Gasteiger charge is -2.22. The van der Waals surface area contributed by atoms with Crippen LogP contribution in [0.1, 0.15) is 37.2 Å². The standard InChI is InChI=1S/C13H16O2/c1-15-13-9-5-3-7-11(13)10-6-2-4-8-12(10)14/h3,5,7,9-10H,2,4,6,8H2,1H3/t10-/m0/s1. The molecule has 2 rings (SSSR count). The first-order valence-corrected chi connectivity index (χ1v) is 5.48. The topological polar surface area (TPSA) is 26.3 Å². The normalized spacial score (nSPS) is 21.4. The molecule has 1 aromatic rings.